The van der Waals surface area contributed by atoms with E-state index in [1.807, 2.05) is 23.0 Å². The average Bonchev–Trinajstić information content (AvgIpc) is 3.11. The third-order valence-corrected chi connectivity index (χ3v) is 4.47. The van der Waals surface area contributed by atoms with Crippen molar-refractivity contribution < 1.29 is 0 Å². The summed E-state index contributed by atoms with van der Waals surface area (Å²) in [7, 11) is 0. The highest BCUT2D eigenvalue weighted by Crippen LogP contribution is 2.33. The summed E-state index contributed by atoms with van der Waals surface area (Å²) in [5.41, 5.74) is 1.06. The number of anilines is 1. The van der Waals surface area contributed by atoms with Crippen molar-refractivity contribution in [3.8, 4) is 0 Å². The molecule has 0 radical (unpaired) electrons. The molecule has 1 aliphatic rings. The second-order valence-corrected chi connectivity index (χ2v) is 6.14. The second kappa shape index (κ2) is 6.51. The van der Waals surface area contributed by atoms with E-state index < -0.39 is 0 Å². The van der Waals surface area contributed by atoms with Gasteiger partial charge in [0.05, 0.1) is 6.04 Å². The van der Waals surface area contributed by atoms with Gasteiger partial charge in [-0.25, -0.2) is 15.0 Å². The van der Waals surface area contributed by atoms with Gasteiger partial charge in [0.15, 0.2) is 5.82 Å². The van der Waals surface area contributed by atoms with Gasteiger partial charge in [-0.15, -0.1) is 0 Å². The van der Waals surface area contributed by atoms with Crippen molar-refractivity contribution in [1.82, 2.24) is 29.5 Å². The first-order valence-electron chi connectivity index (χ1n) is 8.60. The fourth-order valence-electron chi connectivity index (χ4n) is 3.39. The molecule has 1 atom stereocenters. The maximum atomic E-state index is 4.61. The molecule has 0 spiro atoms. The Labute approximate surface area is 140 Å². The normalized spacial score (nSPS) is 18.2. The summed E-state index contributed by atoms with van der Waals surface area (Å²) in [4.78, 5) is 20.3. The molecule has 0 bridgehead atoms. The number of hydrogen-bond acceptors (Lipinski definition) is 6. The monoisotopic (exact) mass is 323 g/mol. The van der Waals surface area contributed by atoms with E-state index in [0.717, 1.165) is 49.6 Å². The first kappa shape index (κ1) is 15.0. The molecule has 0 aromatic carbocycles. The molecule has 3 aromatic rings. The Morgan fingerprint density at radius 2 is 2.04 bits per heavy atom. The van der Waals surface area contributed by atoms with Crippen LogP contribution >= 0.6 is 0 Å². The van der Waals surface area contributed by atoms with Gasteiger partial charge in [-0.2, -0.15) is 14.6 Å². The highest BCUT2D eigenvalue weighted by Gasteiger charge is 2.28. The van der Waals surface area contributed by atoms with Gasteiger partial charge in [-0.3, -0.25) is 0 Å². The van der Waals surface area contributed by atoms with Crippen molar-refractivity contribution in [3.63, 3.8) is 0 Å². The number of hydrogen-bond donors (Lipinski definition) is 0. The van der Waals surface area contributed by atoms with Crippen LogP contribution in [0.3, 0.4) is 0 Å². The van der Waals surface area contributed by atoms with E-state index in [2.05, 4.69) is 42.9 Å². The average molecular weight is 323 g/mol. The summed E-state index contributed by atoms with van der Waals surface area (Å²) in [6.45, 7) is 3.13. The minimum absolute atomic E-state index is 0.171. The van der Waals surface area contributed by atoms with E-state index in [1.165, 1.54) is 6.42 Å². The molecular formula is C17H21N7. The van der Waals surface area contributed by atoms with Gasteiger partial charge in [0.25, 0.3) is 5.78 Å². The molecule has 0 N–H and O–H groups in total. The SMILES string of the molecule is CCCc1cc(N2CCCCC2c2ncccn2)n2ncnc2n1. The van der Waals surface area contributed by atoms with Crippen LogP contribution in [-0.2, 0) is 6.42 Å². The Bertz CT molecular complexity index is 814. The Balaban J connectivity index is 1.80. The first-order chi connectivity index (χ1) is 11.9. The van der Waals surface area contributed by atoms with Crippen LogP contribution < -0.4 is 4.90 Å². The smallest absolute Gasteiger partial charge is 0.254 e. The molecule has 0 saturated carbocycles. The van der Waals surface area contributed by atoms with Crippen LogP contribution in [0.4, 0.5) is 5.82 Å². The summed E-state index contributed by atoms with van der Waals surface area (Å²) in [6.07, 6.45) is 10.6. The fourth-order valence-corrected chi connectivity index (χ4v) is 3.39. The number of aromatic nitrogens is 6. The summed E-state index contributed by atoms with van der Waals surface area (Å²) in [6, 6.07) is 4.18. The third-order valence-electron chi connectivity index (χ3n) is 4.47. The van der Waals surface area contributed by atoms with E-state index in [-0.39, 0.29) is 6.04 Å². The van der Waals surface area contributed by atoms with Gasteiger partial charge in [-0.1, -0.05) is 13.3 Å². The van der Waals surface area contributed by atoms with Crippen molar-refractivity contribution in [2.24, 2.45) is 0 Å². The number of piperidine rings is 1. The molecule has 0 amide bonds. The Hall–Kier alpha value is -2.57. The third kappa shape index (κ3) is 2.70. The number of nitrogens with zero attached hydrogens (tertiary/aromatic N) is 7. The standard InChI is InChI=1S/C17H21N7/c1-2-6-13-11-15(24-17(22-13)20-12-21-24)23-10-4-3-7-14(23)16-18-8-5-9-19-16/h5,8-9,11-12,14H,2-4,6-7,10H2,1H3. The zero-order chi connectivity index (χ0) is 16.4. The Morgan fingerprint density at radius 1 is 1.17 bits per heavy atom. The lowest BCUT2D eigenvalue weighted by Gasteiger charge is -2.36. The van der Waals surface area contributed by atoms with Crippen LogP contribution in [0.15, 0.2) is 30.9 Å². The highest BCUT2D eigenvalue weighted by atomic mass is 15.4. The molecule has 24 heavy (non-hydrogen) atoms. The molecule has 1 fully saturated rings. The lowest BCUT2D eigenvalue weighted by atomic mass is 10.0. The summed E-state index contributed by atoms with van der Waals surface area (Å²) in [5.74, 6) is 2.58. The van der Waals surface area contributed by atoms with E-state index in [0.29, 0.717) is 5.78 Å². The number of fused-ring (bicyclic) bond motifs is 1. The molecule has 4 rings (SSSR count). The Kier molecular flexibility index (Phi) is 4.06. The van der Waals surface area contributed by atoms with Gasteiger partial charge in [0, 0.05) is 30.7 Å². The van der Waals surface area contributed by atoms with Crippen LogP contribution in [0.1, 0.15) is 50.2 Å². The molecular weight excluding hydrogens is 302 g/mol. The van der Waals surface area contributed by atoms with Crippen LogP contribution in [0.2, 0.25) is 0 Å². The minimum atomic E-state index is 0.171. The van der Waals surface area contributed by atoms with Gasteiger partial charge >= 0.3 is 0 Å². The maximum Gasteiger partial charge on any atom is 0.254 e. The zero-order valence-corrected chi connectivity index (χ0v) is 13.8. The van der Waals surface area contributed by atoms with Gasteiger partial charge in [0.1, 0.15) is 12.1 Å². The van der Waals surface area contributed by atoms with Gasteiger partial charge < -0.3 is 4.90 Å². The topological polar surface area (TPSA) is 72.1 Å². The largest absolute Gasteiger partial charge is 0.346 e. The molecule has 0 aliphatic carbocycles. The van der Waals surface area contributed by atoms with E-state index >= 15 is 0 Å². The predicted octanol–water partition coefficient (Wildman–Crippen LogP) is 2.60. The molecule has 1 unspecified atom stereocenters. The molecule has 3 aromatic heterocycles. The number of aryl methyl sites for hydroxylation is 1. The minimum Gasteiger partial charge on any atom is -0.346 e. The Morgan fingerprint density at radius 3 is 2.88 bits per heavy atom. The van der Waals surface area contributed by atoms with Crippen LogP contribution in [0.5, 0.6) is 0 Å². The first-order valence-corrected chi connectivity index (χ1v) is 8.60. The van der Waals surface area contributed by atoms with Gasteiger partial charge in [0.2, 0.25) is 0 Å². The predicted molar refractivity (Wildman–Crippen MR) is 90.7 cm³/mol. The second-order valence-electron chi connectivity index (χ2n) is 6.14. The summed E-state index contributed by atoms with van der Waals surface area (Å²) in [5, 5.41) is 4.38. The zero-order valence-electron chi connectivity index (χ0n) is 13.8. The van der Waals surface area contributed by atoms with Crippen molar-refractivity contribution in [1.29, 1.82) is 0 Å². The van der Waals surface area contributed by atoms with Crippen LogP contribution in [0, 0.1) is 0 Å². The fraction of sp³-hybridized carbons (Fsp3) is 0.471. The molecule has 1 saturated heterocycles. The van der Waals surface area contributed by atoms with E-state index in [9.17, 15) is 0 Å². The van der Waals surface area contributed by atoms with E-state index in [1.54, 1.807) is 6.33 Å². The lowest BCUT2D eigenvalue weighted by Crippen LogP contribution is -2.36. The van der Waals surface area contributed by atoms with Gasteiger partial charge in [-0.05, 0) is 31.7 Å². The molecule has 4 heterocycles. The lowest BCUT2D eigenvalue weighted by molar-refractivity contribution is 0.449. The van der Waals surface area contributed by atoms with E-state index in [4.69, 9.17) is 0 Å². The summed E-state index contributed by atoms with van der Waals surface area (Å²) < 4.78 is 1.83. The molecule has 124 valence electrons. The maximum absolute atomic E-state index is 4.61. The quantitative estimate of drug-likeness (QED) is 0.735. The molecule has 1 aliphatic heterocycles. The van der Waals surface area contributed by atoms with Crippen molar-refractivity contribution in [2.45, 2.75) is 45.1 Å². The molecule has 7 nitrogen and oxygen atoms in total. The highest BCUT2D eigenvalue weighted by molar-refractivity contribution is 5.49. The molecule has 7 heteroatoms. The van der Waals surface area contributed by atoms with Crippen molar-refractivity contribution >= 4 is 11.6 Å². The summed E-state index contributed by atoms with van der Waals surface area (Å²) >= 11 is 0. The van der Waals surface area contributed by atoms with Crippen LogP contribution in [-0.4, -0.2) is 36.1 Å². The number of rotatable bonds is 4. The van der Waals surface area contributed by atoms with Crippen LogP contribution in [0.25, 0.3) is 5.78 Å². The van der Waals surface area contributed by atoms with Crippen molar-refractivity contribution in [3.05, 3.63) is 42.4 Å². The van der Waals surface area contributed by atoms with Crippen molar-refractivity contribution in [2.75, 3.05) is 11.4 Å².